The molecular weight excluding hydrogens is 724 g/mol. The molecule has 3 aromatic carbocycles. The Morgan fingerprint density at radius 2 is 1.13 bits per heavy atom. The number of hydrogen-bond acceptors (Lipinski definition) is 12. The Kier molecular flexibility index (Phi) is 13.1. The van der Waals surface area contributed by atoms with E-state index < -0.39 is 34.5 Å². The Balaban J connectivity index is 0.000000242. The number of carbonyl (C=O) groups excluding carboxylic acids is 4. The van der Waals surface area contributed by atoms with Gasteiger partial charge in [-0.1, -0.05) is 31.5 Å². The average molecular weight is 772 g/mol. The van der Waals surface area contributed by atoms with Crippen molar-refractivity contribution in [2.45, 2.75) is 37.9 Å². The summed E-state index contributed by atoms with van der Waals surface area (Å²) in [7, 11) is -3.94. The molecule has 0 aromatic heterocycles. The number of nitrogens with zero attached hydrogens (tertiary/aromatic N) is 4. The minimum Gasteiger partial charge on any atom is -0.441 e. The van der Waals surface area contributed by atoms with Crippen molar-refractivity contribution in [3.63, 3.8) is 0 Å². The number of benzene rings is 3. The lowest BCUT2D eigenvalue weighted by atomic mass is 10.2. The second-order valence-electron chi connectivity index (χ2n) is 12.2. The maximum absolute atomic E-state index is 12.3. The number of cyclic esters (lactones) is 2. The number of amides is 4. The van der Waals surface area contributed by atoms with E-state index in [2.05, 4.69) is 0 Å². The molecule has 17 heteroatoms. The van der Waals surface area contributed by atoms with E-state index in [4.69, 9.17) is 29.6 Å². The van der Waals surface area contributed by atoms with E-state index in [1.807, 2.05) is 6.92 Å². The monoisotopic (exact) mass is 771 g/mol. The van der Waals surface area contributed by atoms with Crippen molar-refractivity contribution in [1.29, 1.82) is 0 Å². The maximum atomic E-state index is 12.3. The molecule has 0 radical (unpaired) electrons. The van der Waals surface area contributed by atoms with Gasteiger partial charge in [0, 0.05) is 38.6 Å². The van der Waals surface area contributed by atoms with Gasteiger partial charge in [-0.2, -0.15) is 8.42 Å². The second-order valence-corrected chi connectivity index (χ2v) is 13.8. The normalized spacial score (nSPS) is 20.4. The highest BCUT2D eigenvalue weighted by Crippen LogP contribution is 2.27. The van der Waals surface area contributed by atoms with Gasteiger partial charge in [-0.05, 0) is 67.6 Å². The lowest BCUT2D eigenvalue weighted by molar-refractivity contribution is -0.126. The van der Waals surface area contributed by atoms with Crippen LogP contribution in [-0.4, -0.2) is 116 Å². The molecule has 2 atom stereocenters. The highest BCUT2D eigenvalue weighted by molar-refractivity contribution is 7.86. The van der Waals surface area contributed by atoms with Crippen LogP contribution in [0.4, 0.5) is 32.3 Å². The Morgan fingerprint density at radius 3 is 1.54 bits per heavy atom. The van der Waals surface area contributed by atoms with Gasteiger partial charge in [0.15, 0.2) is 0 Å². The first-order valence-corrected chi connectivity index (χ1v) is 18.6. The fourth-order valence-corrected chi connectivity index (χ4v) is 6.73. The Hall–Kier alpha value is -5.07. The molecule has 0 unspecified atom stereocenters. The predicted molar refractivity (Wildman–Crippen MR) is 199 cm³/mol. The first-order chi connectivity index (χ1) is 26.4. The Morgan fingerprint density at radius 1 is 0.722 bits per heavy atom. The number of hydrogen-bond donors (Lipinski definition) is 1. The zero-order chi connectivity index (χ0) is 39.5. The number of aliphatic hydroxyl groups excluding tert-OH is 1. The van der Waals surface area contributed by atoms with Crippen LogP contribution in [-0.2, 0) is 42.8 Å². The van der Waals surface area contributed by atoms with Gasteiger partial charge in [0.25, 0.3) is 21.9 Å². The molecule has 54 heavy (non-hydrogen) atoms. The zero-order valence-electron chi connectivity index (χ0n) is 31.0. The molecule has 0 spiro atoms. The summed E-state index contributed by atoms with van der Waals surface area (Å²) in [5.74, 6) is -0.193. The minimum atomic E-state index is -3.94. The minimum absolute atomic E-state index is 0. The summed E-state index contributed by atoms with van der Waals surface area (Å²) in [5, 5.41) is 9.03. The van der Waals surface area contributed by atoms with Crippen molar-refractivity contribution in [2.75, 3.05) is 85.4 Å². The highest BCUT2D eigenvalue weighted by atomic mass is 32.2. The van der Waals surface area contributed by atoms with Crippen LogP contribution in [0.5, 0.6) is 0 Å². The number of ether oxygens (including phenoxy) is 4. The van der Waals surface area contributed by atoms with E-state index in [0.717, 1.165) is 11.3 Å². The molecule has 1 N–H and O–H groups in total. The molecule has 4 aliphatic heterocycles. The van der Waals surface area contributed by atoms with Gasteiger partial charge in [0.1, 0.15) is 32.0 Å². The lowest BCUT2D eigenvalue weighted by Gasteiger charge is -2.27. The number of rotatable bonds is 9. The van der Waals surface area contributed by atoms with Crippen LogP contribution in [0.2, 0.25) is 0 Å². The summed E-state index contributed by atoms with van der Waals surface area (Å²) in [6.45, 7) is 6.28. The Labute approximate surface area is 316 Å². The average Bonchev–Trinajstić information content (AvgIpc) is 3.76. The van der Waals surface area contributed by atoms with Gasteiger partial charge in [0.2, 0.25) is 0 Å². The van der Waals surface area contributed by atoms with Crippen LogP contribution >= 0.6 is 0 Å². The number of morpholine rings is 2. The molecule has 292 valence electrons. The van der Waals surface area contributed by atoms with Crippen molar-refractivity contribution in [3.8, 4) is 0 Å². The molecule has 4 amide bonds. The summed E-state index contributed by atoms with van der Waals surface area (Å²) < 4.78 is 56.4. The molecule has 4 heterocycles. The Bertz CT molecular complexity index is 1900. The van der Waals surface area contributed by atoms with E-state index in [9.17, 15) is 27.6 Å². The van der Waals surface area contributed by atoms with Crippen LogP contribution in [0.3, 0.4) is 0 Å². The fourth-order valence-electron chi connectivity index (χ4n) is 5.79. The van der Waals surface area contributed by atoms with Gasteiger partial charge in [-0.15, -0.1) is 0 Å². The molecule has 0 saturated carbocycles. The lowest BCUT2D eigenvalue weighted by Crippen LogP contribution is -2.41. The smallest absolute Gasteiger partial charge is 0.414 e. The molecule has 4 aliphatic rings. The largest absolute Gasteiger partial charge is 0.441 e. The van der Waals surface area contributed by atoms with Gasteiger partial charge >= 0.3 is 12.2 Å². The standard InChI is InChI=1S/C21H22N2O7S.C14H16N2O5.C2H6.H2/c1-15-2-8-19(9-3-15)31(26,27)29-13-18-12-23(21(25)30-18)17-6-4-16(5-7-17)22-10-11-28-14-20(22)24;17-8-12-7-16(14(19)21-12)11-3-1-10(2-4-11)15-5-6-20-9-13(15)18;1-2;/h2-9,18H,10-14H2,1H3;1-4,12,17H,5-9H2;1-2H3;1H/t18-;12-;;/m11../s1/i;;1D;. The van der Waals surface area contributed by atoms with Crippen molar-refractivity contribution < 1.29 is 58.6 Å². The van der Waals surface area contributed by atoms with Crippen molar-refractivity contribution in [1.82, 2.24) is 0 Å². The van der Waals surface area contributed by atoms with Gasteiger partial charge in [0.05, 0.1) is 37.8 Å². The first-order valence-electron chi connectivity index (χ1n) is 17.9. The molecule has 4 saturated heterocycles. The molecule has 4 fully saturated rings. The SMILES string of the molecule is Cc1ccc(S(=O)(=O)OC[C@H]2CN(c3ccc(N4CCOCC4=O)cc3)C(=O)O2)cc1.O=C1COCCN1c1ccc(N2C[C@H](CO)OC2=O)cc1.[2H]CC.[HH]. The maximum Gasteiger partial charge on any atom is 0.414 e. The zero-order valence-corrected chi connectivity index (χ0v) is 30.8. The van der Waals surface area contributed by atoms with Crippen molar-refractivity contribution in [3.05, 3.63) is 78.4 Å². The van der Waals surface area contributed by atoms with Crippen LogP contribution in [0.15, 0.2) is 77.7 Å². The molecule has 7 rings (SSSR count). The molecule has 16 nitrogen and oxygen atoms in total. The third-order valence-electron chi connectivity index (χ3n) is 8.59. The molecule has 0 bridgehead atoms. The quantitative estimate of drug-likeness (QED) is 0.312. The third kappa shape index (κ3) is 9.72. The van der Waals surface area contributed by atoms with Crippen LogP contribution in [0.25, 0.3) is 0 Å². The summed E-state index contributed by atoms with van der Waals surface area (Å²) in [5.41, 5.74) is 3.69. The number of anilines is 4. The number of aliphatic hydroxyl groups is 1. The predicted octanol–water partition coefficient (Wildman–Crippen LogP) is 3.73. The summed E-state index contributed by atoms with van der Waals surface area (Å²) in [6, 6.07) is 20.3. The third-order valence-corrected chi connectivity index (χ3v) is 9.88. The molecular formula is C37H46N4O12S. The van der Waals surface area contributed by atoms with E-state index in [-0.39, 0.29) is 51.1 Å². The topological polar surface area (TPSA) is 182 Å². The van der Waals surface area contributed by atoms with Crippen LogP contribution < -0.4 is 19.6 Å². The van der Waals surface area contributed by atoms with E-state index in [1.165, 1.54) is 21.9 Å². The summed E-state index contributed by atoms with van der Waals surface area (Å²) in [6.07, 6.45) is -2.27. The second kappa shape index (κ2) is 18.3. The van der Waals surface area contributed by atoms with Crippen LogP contribution in [0.1, 0.15) is 22.2 Å². The van der Waals surface area contributed by atoms with Crippen molar-refractivity contribution >= 4 is 56.9 Å². The van der Waals surface area contributed by atoms with Crippen molar-refractivity contribution in [2.24, 2.45) is 0 Å². The first kappa shape index (κ1) is 38.6. The van der Waals surface area contributed by atoms with E-state index >= 15 is 0 Å². The van der Waals surface area contributed by atoms with Gasteiger partial charge < -0.3 is 33.9 Å². The highest BCUT2D eigenvalue weighted by Gasteiger charge is 2.35. The van der Waals surface area contributed by atoms with E-state index in [1.54, 1.807) is 77.4 Å². The van der Waals surface area contributed by atoms with Gasteiger partial charge in [-0.3, -0.25) is 23.6 Å². The number of carbonyl (C=O) groups is 4. The van der Waals surface area contributed by atoms with E-state index in [0.29, 0.717) is 56.8 Å². The summed E-state index contributed by atoms with van der Waals surface area (Å²) >= 11 is 0. The number of aryl methyl sites for hydroxylation is 1. The molecule has 3 aromatic rings. The van der Waals surface area contributed by atoms with Gasteiger partial charge in [-0.25, -0.2) is 9.59 Å². The fraction of sp³-hybridized carbons (Fsp3) is 0.405. The van der Waals surface area contributed by atoms with Crippen LogP contribution in [0, 0.1) is 6.92 Å². The molecule has 0 aliphatic carbocycles. The summed E-state index contributed by atoms with van der Waals surface area (Å²) in [4.78, 5) is 53.9.